The van der Waals surface area contributed by atoms with Crippen LogP contribution >= 0.6 is 0 Å². The van der Waals surface area contributed by atoms with E-state index >= 15 is 0 Å². The molecule has 0 heterocycles. The third-order valence-electron chi connectivity index (χ3n) is 1.99. The van der Waals surface area contributed by atoms with Gasteiger partial charge in [0.2, 0.25) is 5.78 Å². The number of nitrogens with zero attached hydrogens (tertiary/aromatic N) is 1. The van der Waals surface area contributed by atoms with E-state index in [2.05, 4.69) is 4.74 Å². The highest BCUT2D eigenvalue weighted by Crippen LogP contribution is 2.13. The molecule has 0 amide bonds. The lowest BCUT2D eigenvalue weighted by Crippen LogP contribution is -2.33. The third kappa shape index (κ3) is 5.16. The Morgan fingerprint density at radius 2 is 1.88 bits per heavy atom. The molecule has 0 N–H and O–H groups in total. The van der Waals surface area contributed by atoms with E-state index in [1.165, 1.54) is 0 Å². The van der Waals surface area contributed by atoms with Crippen LogP contribution in [0.5, 0.6) is 0 Å². The quantitative estimate of drug-likeness (QED) is 0.488. The zero-order valence-electron chi connectivity index (χ0n) is 9.70. The molecule has 1 unspecified atom stereocenters. The van der Waals surface area contributed by atoms with Crippen molar-refractivity contribution in [3.05, 3.63) is 0 Å². The van der Waals surface area contributed by atoms with Gasteiger partial charge in [-0.3, -0.25) is 9.59 Å². The van der Waals surface area contributed by atoms with E-state index in [4.69, 9.17) is 0 Å². The number of ether oxygens (including phenoxy) is 1. The van der Waals surface area contributed by atoms with Gasteiger partial charge in [0.1, 0.15) is 5.92 Å². The van der Waals surface area contributed by atoms with Crippen LogP contribution in [-0.4, -0.2) is 50.3 Å². The van der Waals surface area contributed by atoms with Crippen LogP contribution in [0.1, 0.15) is 13.3 Å². The topological polar surface area (TPSA) is 46.6 Å². The maximum atomic E-state index is 12.2. The van der Waals surface area contributed by atoms with Gasteiger partial charge in [-0.2, -0.15) is 0 Å². The Labute approximate surface area is 93.6 Å². The summed E-state index contributed by atoms with van der Waals surface area (Å²) in [6.07, 6.45) is -3.08. The van der Waals surface area contributed by atoms with Gasteiger partial charge in [-0.1, -0.05) is 0 Å². The average molecular weight is 237 g/mol. The van der Waals surface area contributed by atoms with E-state index in [-0.39, 0.29) is 13.0 Å². The van der Waals surface area contributed by atoms with Gasteiger partial charge < -0.3 is 9.64 Å². The minimum atomic E-state index is -3.13. The van der Waals surface area contributed by atoms with Gasteiger partial charge in [0.25, 0.3) is 6.43 Å². The first-order valence-corrected chi connectivity index (χ1v) is 5.03. The lowest BCUT2D eigenvalue weighted by atomic mass is 10.0. The van der Waals surface area contributed by atoms with Gasteiger partial charge in [0, 0.05) is 0 Å². The van der Waals surface area contributed by atoms with Crippen molar-refractivity contribution in [3.8, 4) is 0 Å². The maximum Gasteiger partial charge on any atom is 0.316 e. The number of carbonyl (C=O) groups excluding carboxylic acids is 2. The first-order valence-electron chi connectivity index (χ1n) is 5.03. The molecule has 0 fully saturated rings. The fraction of sp³-hybridized carbons (Fsp3) is 0.800. The lowest BCUT2D eigenvalue weighted by molar-refractivity contribution is -0.155. The molecule has 0 aliphatic heterocycles. The van der Waals surface area contributed by atoms with Gasteiger partial charge in [0.15, 0.2) is 0 Å². The van der Waals surface area contributed by atoms with Crippen molar-refractivity contribution in [2.75, 3.05) is 27.2 Å². The summed E-state index contributed by atoms with van der Waals surface area (Å²) in [7, 11) is 3.46. The maximum absolute atomic E-state index is 12.2. The van der Waals surface area contributed by atoms with E-state index in [1.807, 2.05) is 0 Å². The van der Waals surface area contributed by atoms with Crippen molar-refractivity contribution in [1.82, 2.24) is 4.90 Å². The molecular weight excluding hydrogens is 220 g/mol. The van der Waals surface area contributed by atoms with Gasteiger partial charge in [-0.05, 0) is 34.0 Å². The van der Waals surface area contributed by atoms with Crippen molar-refractivity contribution >= 4 is 11.8 Å². The normalized spacial score (nSPS) is 12.9. The van der Waals surface area contributed by atoms with Gasteiger partial charge in [-0.15, -0.1) is 0 Å². The number of hydrogen-bond donors (Lipinski definition) is 0. The molecule has 0 aliphatic rings. The van der Waals surface area contributed by atoms with Gasteiger partial charge in [-0.25, -0.2) is 8.78 Å². The van der Waals surface area contributed by atoms with Gasteiger partial charge >= 0.3 is 5.97 Å². The highest BCUT2D eigenvalue weighted by Gasteiger charge is 2.33. The van der Waals surface area contributed by atoms with Crippen LogP contribution in [0.25, 0.3) is 0 Å². The molecule has 0 aromatic rings. The average Bonchev–Trinajstić information content (AvgIpc) is 2.17. The molecule has 94 valence electrons. The van der Waals surface area contributed by atoms with Crippen LogP contribution in [0.15, 0.2) is 0 Å². The molecule has 0 aliphatic carbocycles. The van der Waals surface area contributed by atoms with Crippen LogP contribution in [0, 0.1) is 5.92 Å². The molecule has 16 heavy (non-hydrogen) atoms. The smallest absolute Gasteiger partial charge is 0.316 e. The number of hydrogen-bond acceptors (Lipinski definition) is 4. The molecule has 0 rings (SSSR count). The van der Waals surface area contributed by atoms with Crippen molar-refractivity contribution in [1.29, 1.82) is 0 Å². The molecular formula is C10H17F2NO3. The molecule has 6 heteroatoms. The summed E-state index contributed by atoms with van der Waals surface area (Å²) in [5, 5.41) is 0. The van der Waals surface area contributed by atoms with Crippen molar-refractivity contribution in [2.45, 2.75) is 19.8 Å². The monoisotopic (exact) mass is 237 g/mol. The number of esters is 1. The van der Waals surface area contributed by atoms with E-state index in [0.717, 1.165) is 0 Å². The number of Topliss-reactive ketones (excluding diaryl/α,β-unsaturated/α-hetero) is 1. The zero-order chi connectivity index (χ0) is 12.7. The SMILES string of the molecule is CCOC(=O)C(CCN(C)C)C(=O)C(F)F. The van der Waals surface area contributed by atoms with Crippen LogP contribution in [0.3, 0.4) is 0 Å². The summed E-state index contributed by atoms with van der Waals surface area (Å²) in [6, 6.07) is 0. The molecule has 1 atom stereocenters. The molecule has 0 saturated heterocycles. The molecule has 0 aromatic heterocycles. The van der Waals surface area contributed by atoms with E-state index in [1.54, 1.807) is 25.9 Å². The summed E-state index contributed by atoms with van der Waals surface area (Å²) >= 11 is 0. The summed E-state index contributed by atoms with van der Waals surface area (Å²) in [5.41, 5.74) is 0. The number of ketones is 1. The minimum Gasteiger partial charge on any atom is -0.465 e. The summed E-state index contributed by atoms with van der Waals surface area (Å²) in [4.78, 5) is 24.1. The van der Waals surface area contributed by atoms with Crippen LogP contribution in [0.2, 0.25) is 0 Å². The summed E-state index contributed by atoms with van der Waals surface area (Å²) in [5.74, 6) is -3.59. The highest BCUT2D eigenvalue weighted by molar-refractivity contribution is 6.00. The zero-order valence-corrected chi connectivity index (χ0v) is 9.70. The standard InChI is InChI=1S/C10H17F2NO3/c1-4-16-10(15)7(5-6-13(2)3)8(14)9(11)12/h7,9H,4-6H2,1-3H3. The Hall–Kier alpha value is -1.04. The van der Waals surface area contributed by atoms with E-state index in [9.17, 15) is 18.4 Å². The minimum absolute atomic E-state index is 0.0506. The van der Waals surface area contributed by atoms with Crippen molar-refractivity contribution < 1.29 is 23.1 Å². The number of alkyl halides is 2. The summed E-state index contributed by atoms with van der Waals surface area (Å²) < 4.78 is 29.1. The molecule has 0 radical (unpaired) electrons. The Bertz CT molecular complexity index is 244. The van der Waals surface area contributed by atoms with Crippen molar-refractivity contribution in [3.63, 3.8) is 0 Å². The van der Waals surface area contributed by atoms with Crippen molar-refractivity contribution in [2.24, 2.45) is 5.92 Å². The number of rotatable bonds is 7. The molecule has 4 nitrogen and oxygen atoms in total. The Kier molecular flexibility index (Phi) is 6.80. The second-order valence-corrected chi connectivity index (χ2v) is 3.60. The van der Waals surface area contributed by atoms with Crippen LogP contribution in [-0.2, 0) is 14.3 Å². The van der Waals surface area contributed by atoms with Crippen LogP contribution < -0.4 is 0 Å². The predicted octanol–water partition coefficient (Wildman–Crippen LogP) is 0.952. The first-order chi connectivity index (χ1) is 7.40. The summed E-state index contributed by atoms with van der Waals surface area (Å²) in [6.45, 7) is 2.02. The van der Waals surface area contributed by atoms with Crippen LogP contribution in [0.4, 0.5) is 8.78 Å². The fourth-order valence-electron chi connectivity index (χ4n) is 1.16. The fourth-order valence-corrected chi connectivity index (χ4v) is 1.16. The largest absolute Gasteiger partial charge is 0.465 e. The third-order valence-corrected chi connectivity index (χ3v) is 1.99. The molecule has 0 bridgehead atoms. The Balaban J connectivity index is 4.50. The van der Waals surface area contributed by atoms with E-state index in [0.29, 0.717) is 6.54 Å². The molecule has 0 aromatic carbocycles. The second kappa shape index (κ2) is 7.27. The molecule has 0 saturated carbocycles. The Morgan fingerprint density at radius 3 is 2.25 bits per heavy atom. The first kappa shape index (κ1) is 15.0. The Morgan fingerprint density at radius 1 is 1.31 bits per heavy atom. The number of halogens is 2. The highest BCUT2D eigenvalue weighted by atomic mass is 19.3. The molecule has 0 spiro atoms. The number of carbonyl (C=O) groups is 2. The van der Waals surface area contributed by atoms with E-state index < -0.39 is 24.1 Å². The lowest BCUT2D eigenvalue weighted by Gasteiger charge is -2.16. The van der Waals surface area contributed by atoms with Gasteiger partial charge in [0.05, 0.1) is 6.61 Å². The predicted molar refractivity (Wildman–Crippen MR) is 54.3 cm³/mol. The second-order valence-electron chi connectivity index (χ2n) is 3.60.